The van der Waals surface area contributed by atoms with E-state index in [1.165, 1.54) is 77.1 Å². The minimum atomic E-state index is -1.45. The normalized spacial score (nSPS) is 25.8. The summed E-state index contributed by atoms with van der Waals surface area (Å²) in [6, 6.07) is 8.99. The Balaban J connectivity index is 0.000000216. The van der Waals surface area contributed by atoms with Crippen LogP contribution in [0, 0.1) is 48.2 Å². The molecule has 0 radical (unpaired) electrons. The van der Waals surface area contributed by atoms with Crippen molar-refractivity contribution in [1.29, 1.82) is 0 Å². The topological polar surface area (TPSA) is 229 Å². The lowest BCUT2D eigenvalue weighted by Gasteiger charge is -2.37. The van der Waals surface area contributed by atoms with Gasteiger partial charge in [0.05, 0.1) is 42.4 Å². The number of fused-ring (bicyclic) bond motifs is 2. The summed E-state index contributed by atoms with van der Waals surface area (Å²) < 4.78 is 106. The van der Waals surface area contributed by atoms with Crippen LogP contribution in [0.2, 0.25) is 25.7 Å². The average Bonchev–Trinajstić information content (AvgIpc) is 1.53. The number of aromatic nitrogens is 4. The van der Waals surface area contributed by atoms with E-state index in [-0.39, 0.29) is 94.9 Å². The number of terminal acetylenes is 2. The van der Waals surface area contributed by atoms with Gasteiger partial charge in [-0.25, -0.2) is 56.0 Å². The van der Waals surface area contributed by atoms with E-state index in [0.29, 0.717) is 44.5 Å². The number of nitrogens with two attached hydrogens (primary N) is 1. The summed E-state index contributed by atoms with van der Waals surface area (Å²) >= 11 is 2.10. The molecule has 2 aromatic carbocycles. The predicted octanol–water partition coefficient (Wildman–Crippen LogP) is 10.8. The van der Waals surface area contributed by atoms with Gasteiger partial charge in [0.15, 0.2) is 35.2 Å². The minimum absolute atomic E-state index is 0.0112. The molecule has 2 saturated carbocycles. The number of carboxylic acids is 1. The molecule has 6 heterocycles. The number of carbonyl (C=O) groups is 3. The van der Waals surface area contributed by atoms with Gasteiger partial charge >= 0.3 is 12.1 Å². The first-order valence-corrected chi connectivity index (χ1v) is 34.3. The molecule has 18 nitrogen and oxygen atoms in total. The second-order valence-corrected chi connectivity index (χ2v) is 33.1. The molecule has 4 fully saturated rings. The van der Waals surface area contributed by atoms with Crippen LogP contribution < -0.4 is 20.5 Å². The van der Waals surface area contributed by atoms with Crippen molar-refractivity contribution in [2.45, 2.75) is 125 Å². The Morgan fingerprint density at radius 1 is 0.822 bits per heavy atom. The number of hydrogen-bond acceptors (Lipinski definition) is 17. The van der Waals surface area contributed by atoms with E-state index in [4.69, 9.17) is 42.5 Å². The van der Waals surface area contributed by atoms with E-state index in [0.717, 1.165) is 42.2 Å². The molecule has 2 amide bonds. The summed E-state index contributed by atoms with van der Waals surface area (Å²) in [4.78, 5) is 67.6. The first-order chi connectivity index (χ1) is 42.4. The van der Waals surface area contributed by atoms with Crippen LogP contribution in [0.3, 0.4) is 0 Å². The Labute approximate surface area is 528 Å². The van der Waals surface area contributed by atoms with Crippen LogP contribution in [-0.4, -0.2) is 151 Å². The van der Waals surface area contributed by atoms with Gasteiger partial charge in [-0.05, 0) is 120 Å². The van der Waals surface area contributed by atoms with Gasteiger partial charge in [0, 0.05) is 50.7 Å². The van der Waals surface area contributed by atoms with E-state index in [9.17, 15) is 32.7 Å². The third kappa shape index (κ3) is 16.2. The van der Waals surface area contributed by atoms with Gasteiger partial charge in [-0.1, -0.05) is 67.1 Å². The fourth-order valence-electron chi connectivity index (χ4n) is 10.7. The summed E-state index contributed by atoms with van der Waals surface area (Å²) in [7, 11) is -1.45. The Kier molecular flexibility index (Phi) is 21.3. The largest absolute Gasteiger partial charge is 0.480 e. The van der Waals surface area contributed by atoms with E-state index >= 15 is 13.2 Å². The van der Waals surface area contributed by atoms with Crippen LogP contribution in [0.15, 0.2) is 71.2 Å². The lowest BCUT2D eigenvalue weighted by atomic mass is 9.84. The van der Waals surface area contributed by atoms with Crippen molar-refractivity contribution in [2.75, 3.05) is 52.7 Å². The van der Waals surface area contributed by atoms with Gasteiger partial charge < -0.3 is 40.0 Å². The number of alkyl halides is 2. The lowest BCUT2D eigenvalue weighted by Crippen LogP contribution is -2.47. The highest BCUT2D eigenvalue weighted by atomic mass is 32.2. The summed E-state index contributed by atoms with van der Waals surface area (Å²) in [5, 5.41) is 13.5. The van der Waals surface area contributed by atoms with E-state index in [1.54, 1.807) is 34.6 Å². The number of nitrogens with zero attached hydrogens (tertiary/aromatic N) is 8. The minimum Gasteiger partial charge on any atom is -0.480 e. The smallest absolute Gasteiger partial charge is 0.418 e. The number of nitrogens with one attached hydrogen (secondary N) is 1. The maximum absolute atomic E-state index is 15.7. The standard InChI is InChI=1S/C33H40F2N4O6SSi.C26H24F3N5O2S.C4H8FN/c1-9-12-44-27-19-36-25(18-37-27)24(35)16-21-10-11-23(34)22(15-21)32(5)26-17-33(26,28(40)41)46-29(38-32)39(30(42)45-31(2,3)4)20-43-13-14-47(6,7)8;1-3-8-36-22-13-31-20(12-32-22)19(29)10-15-4-5-18(28)17(9-15)25(2)21-11-26(21,37-24(30)33-25)23(35)34-7-6-16(27)14-34;5-4-1-2-6-3-4/h1,10-11,15-16,18-19,26H,12-14,17,20H2,2-8H3,(H,40,41);1,4-5,9-10,12-13,16,21H,6-8,11,14H2,2H3,(H2,30,33);4,6H,1-3H2/b24-16-;19-10-;/t26-,32+,33-;16-,21+,25-,26+;4-/m011/s1. The van der Waals surface area contributed by atoms with Gasteiger partial charge in [0.1, 0.15) is 57.2 Å². The summed E-state index contributed by atoms with van der Waals surface area (Å²) in [6.07, 6.45) is 16.8. The van der Waals surface area contributed by atoms with Gasteiger partial charge in [0.25, 0.3) is 0 Å². The highest BCUT2D eigenvalue weighted by molar-refractivity contribution is 8.16. The number of aliphatic imine (C=N–C) groups is 2. The van der Waals surface area contributed by atoms with E-state index < -0.39 is 87.9 Å². The molecule has 4 aromatic rings. The van der Waals surface area contributed by atoms with Gasteiger partial charge in [0.2, 0.25) is 17.7 Å². The molecule has 0 unspecified atom stereocenters. The number of carboxylic acid groups (broad SMARTS) is 1. The Bertz CT molecular complexity index is 3540. The monoisotopic (exact) mass is 1300 g/mol. The predicted molar refractivity (Wildman–Crippen MR) is 337 cm³/mol. The van der Waals surface area contributed by atoms with Crippen LogP contribution in [0.5, 0.6) is 11.8 Å². The molecule has 10 rings (SSSR count). The first kappa shape index (κ1) is 68.5. The van der Waals surface area contributed by atoms with Crippen molar-refractivity contribution < 1.29 is 64.8 Å². The number of benzene rings is 2. The molecule has 2 aromatic heterocycles. The van der Waals surface area contributed by atoms with Crippen LogP contribution in [-0.2, 0) is 30.1 Å². The highest BCUT2D eigenvalue weighted by Crippen LogP contribution is 2.68. The maximum Gasteiger partial charge on any atom is 0.418 e. The molecule has 2 saturated heterocycles. The van der Waals surface area contributed by atoms with Crippen LogP contribution in [0.4, 0.5) is 31.1 Å². The van der Waals surface area contributed by atoms with E-state index in [1.807, 2.05) is 0 Å². The van der Waals surface area contributed by atoms with Crippen molar-refractivity contribution in [3.8, 4) is 36.4 Å². The zero-order valence-corrected chi connectivity index (χ0v) is 53.8. The second kappa shape index (κ2) is 28.0. The van der Waals surface area contributed by atoms with Crippen molar-refractivity contribution in [3.63, 3.8) is 0 Å². The first-order valence-electron chi connectivity index (χ1n) is 29.0. The average molecular weight is 1300 g/mol. The maximum atomic E-state index is 15.7. The molecule has 4 N–H and O–H groups in total. The van der Waals surface area contributed by atoms with Crippen molar-refractivity contribution in [3.05, 3.63) is 106 Å². The molecule has 480 valence electrons. The summed E-state index contributed by atoms with van der Waals surface area (Å²) in [5.41, 5.74) is 3.48. The molecule has 90 heavy (non-hydrogen) atoms. The van der Waals surface area contributed by atoms with Gasteiger partial charge in [-0.3, -0.25) is 19.6 Å². The summed E-state index contributed by atoms with van der Waals surface area (Å²) in [5.74, 6) is 0.00128. The number of hydrogen-bond donors (Lipinski definition) is 3. The number of amides is 2. The number of halogens is 6. The number of likely N-dealkylation sites (tertiary alicyclic amines) is 1. The molecule has 4 aliphatic heterocycles. The van der Waals surface area contributed by atoms with Crippen LogP contribution in [0.25, 0.3) is 23.8 Å². The van der Waals surface area contributed by atoms with Crippen molar-refractivity contribution in [2.24, 2.45) is 27.6 Å². The Morgan fingerprint density at radius 3 is 1.81 bits per heavy atom. The van der Waals surface area contributed by atoms with Crippen molar-refractivity contribution >= 4 is 83.7 Å². The molecule has 6 aliphatic rings. The fourth-order valence-corrected chi connectivity index (χ4v) is 14.4. The van der Waals surface area contributed by atoms with Gasteiger partial charge in [-0.15, -0.1) is 12.8 Å². The number of thioether (sulfide) groups is 2. The van der Waals surface area contributed by atoms with Crippen LogP contribution >= 0.6 is 23.5 Å². The van der Waals surface area contributed by atoms with Gasteiger partial charge in [-0.2, -0.15) is 0 Å². The molecule has 8 atom stereocenters. The third-order valence-electron chi connectivity index (χ3n) is 15.6. The van der Waals surface area contributed by atoms with E-state index in [2.05, 4.69) is 61.7 Å². The zero-order valence-electron chi connectivity index (χ0n) is 51.1. The number of amidine groups is 2. The number of ether oxygens (including phenoxy) is 4. The van der Waals surface area contributed by atoms with Crippen molar-refractivity contribution in [1.82, 2.24) is 35.1 Å². The number of carbonyl (C=O) groups excluding carboxylic acids is 2. The Hall–Kier alpha value is -7.43. The number of aliphatic carboxylic acids is 1. The molecule has 2 aliphatic carbocycles. The highest BCUT2D eigenvalue weighted by Gasteiger charge is 2.73. The fraction of sp³-hybridized carbons (Fsp3) is 0.476. The molecular weight excluding hydrogens is 1230 g/mol. The molecule has 0 bridgehead atoms. The molecule has 27 heteroatoms. The number of rotatable bonds is 17. The SMILES string of the molecule is C#CCOc1cnc(/C(F)=C/c2ccc(F)c([C@@]3(C)N=C(N(COCC[Si](C)(C)C)C(=O)OC(C)(C)C)S[C@@]4(C(=O)O)C[C@H]43)c2)cn1.C#CCOc1cnc(/C(F)=C/c2ccc(F)c([C@@]3(C)N=C(N)S[C@@]4(C(=O)N5CC[C@@H](F)C5)C[C@H]43)c2)cn1.F[C@@H]1CCNC1. The Morgan fingerprint density at radius 2 is 1.37 bits per heavy atom. The summed E-state index contributed by atoms with van der Waals surface area (Å²) in [6.45, 7) is 17.1. The zero-order chi connectivity index (χ0) is 65.6. The second-order valence-electron chi connectivity index (χ2n) is 24.9. The molecular formula is C63H72F6N10O8S2Si. The third-order valence-corrected chi connectivity index (χ3v) is 20.1. The quantitative estimate of drug-likeness (QED) is 0.0293. The van der Waals surface area contributed by atoms with Crippen LogP contribution in [0.1, 0.15) is 93.9 Å². The lowest BCUT2D eigenvalue weighted by molar-refractivity contribution is -0.137. The molecule has 0 spiro atoms.